The lowest BCUT2D eigenvalue weighted by molar-refractivity contribution is 0.605. The van der Waals surface area contributed by atoms with Gasteiger partial charge in [0.05, 0.1) is 19.0 Å². The largest absolute Gasteiger partial charge is 0.453 e. The number of nitrogens with zero attached hydrogens (tertiary/aromatic N) is 2. The molecule has 68 valence electrons. The highest BCUT2D eigenvalue weighted by Crippen LogP contribution is 2.25. The molecular weight excluding hydrogens is 176 g/mol. The molecule has 0 fully saturated rings. The quantitative estimate of drug-likeness (QED) is 0.630. The molecule has 0 atom stereocenters. The average molecular weight is 184 g/mol. The van der Waals surface area contributed by atoms with Gasteiger partial charge < -0.3 is 4.42 Å². The number of hydrogen-bond acceptors (Lipinski definition) is 3. The van der Waals surface area contributed by atoms with Crippen LogP contribution in [0, 0.1) is 0 Å². The average Bonchev–Trinajstić information content (AvgIpc) is 2.42. The smallest absolute Gasteiger partial charge is 0.153 e. The molecule has 3 nitrogen and oxygen atoms in total. The van der Waals surface area contributed by atoms with E-state index in [1.54, 1.807) is 18.6 Å². The Bertz CT molecular complexity index is 537. The van der Waals surface area contributed by atoms with Gasteiger partial charge in [0.2, 0.25) is 0 Å². The fourth-order valence-electron chi connectivity index (χ4n) is 1.62. The first-order valence-electron chi connectivity index (χ1n) is 4.48. The van der Waals surface area contributed by atoms with E-state index in [9.17, 15) is 0 Å². The molecule has 3 rings (SSSR count). The van der Waals surface area contributed by atoms with Gasteiger partial charge in [-0.1, -0.05) is 12.2 Å². The van der Waals surface area contributed by atoms with Crippen LogP contribution in [-0.2, 0) is 0 Å². The first kappa shape index (κ1) is 7.50. The van der Waals surface area contributed by atoms with Gasteiger partial charge in [-0.25, -0.2) is 0 Å². The zero-order valence-corrected chi connectivity index (χ0v) is 7.47. The Hall–Kier alpha value is -1.90. The van der Waals surface area contributed by atoms with Crippen LogP contribution in [0.25, 0.3) is 17.0 Å². The van der Waals surface area contributed by atoms with Gasteiger partial charge in [-0.2, -0.15) is 0 Å². The Balaban J connectivity index is 2.41. The summed E-state index contributed by atoms with van der Waals surface area (Å²) in [6, 6.07) is 1.96. The minimum Gasteiger partial charge on any atom is -0.453 e. The lowest BCUT2D eigenvalue weighted by atomic mass is 10.1. The third-order valence-electron chi connectivity index (χ3n) is 2.26. The fraction of sp³-hybridized carbons (Fsp3) is 0.0909. The van der Waals surface area contributed by atoms with Crippen LogP contribution in [0.4, 0.5) is 0 Å². The molecule has 0 saturated carbocycles. The molecule has 0 N–H and O–H groups in total. The molecule has 0 saturated heterocycles. The minimum atomic E-state index is 0.719. The van der Waals surface area contributed by atoms with Crippen molar-refractivity contribution in [3.8, 4) is 0 Å². The highest BCUT2D eigenvalue weighted by Gasteiger charge is 2.10. The minimum absolute atomic E-state index is 0.719. The molecule has 0 aliphatic carbocycles. The van der Waals surface area contributed by atoms with E-state index in [4.69, 9.17) is 4.42 Å². The summed E-state index contributed by atoms with van der Waals surface area (Å²) in [5.41, 5.74) is 1.92. The van der Waals surface area contributed by atoms with Crippen LogP contribution in [0.3, 0.4) is 0 Å². The highest BCUT2D eigenvalue weighted by atomic mass is 16.3. The maximum atomic E-state index is 5.61. The first-order chi connectivity index (χ1) is 6.95. The van der Waals surface area contributed by atoms with Gasteiger partial charge in [0.25, 0.3) is 0 Å². The summed E-state index contributed by atoms with van der Waals surface area (Å²) in [6.07, 6.45) is 9.35. The number of fused-ring (bicyclic) bond motifs is 3. The lowest BCUT2D eigenvalue weighted by Crippen LogP contribution is -1.77. The van der Waals surface area contributed by atoms with Crippen molar-refractivity contribution in [2.24, 2.45) is 4.99 Å². The summed E-state index contributed by atoms with van der Waals surface area (Å²) in [4.78, 5) is 8.20. The van der Waals surface area contributed by atoms with Gasteiger partial charge in [0, 0.05) is 17.1 Å². The molecule has 0 unspecified atom stereocenters. The Labute approximate surface area is 80.8 Å². The normalized spacial score (nSPS) is 14.3. The molecule has 0 spiro atoms. The Morgan fingerprint density at radius 1 is 1.36 bits per heavy atom. The topological polar surface area (TPSA) is 38.4 Å². The predicted molar refractivity (Wildman–Crippen MR) is 55.5 cm³/mol. The number of aliphatic imine (C=N–C) groups is 1. The summed E-state index contributed by atoms with van der Waals surface area (Å²) in [6.45, 7) is 0.719. The molecule has 3 heterocycles. The van der Waals surface area contributed by atoms with E-state index < -0.39 is 0 Å². The Morgan fingerprint density at radius 2 is 2.36 bits per heavy atom. The van der Waals surface area contributed by atoms with Gasteiger partial charge in [0.15, 0.2) is 11.3 Å². The van der Waals surface area contributed by atoms with Crippen molar-refractivity contribution in [1.82, 2.24) is 4.98 Å². The summed E-state index contributed by atoms with van der Waals surface area (Å²) >= 11 is 0. The van der Waals surface area contributed by atoms with E-state index in [0.29, 0.717) is 0 Å². The van der Waals surface area contributed by atoms with Crippen molar-refractivity contribution >= 4 is 23.3 Å². The second-order valence-electron chi connectivity index (χ2n) is 3.15. The molecule has 1 aliphatic heterocycles. The van der Waals surface area contributed by atoms with Crippen LogP contribution in [-0.4, -0.2) is 17.7 Å². The molecule has 0 bridgehead atoms. The fourth-order valence-corrected chi connectivity index (χ4v) is 1.62. The van der Waals surface area contributed by atoms with Crippen molar-refractivity contribution < 1.29 is 4.42 Å². The van der Waals surface area contributed by atoms with E-state index in [1.807, 2.05) is 18.2 Å². The second kappa shape index (κ2) is 2.80. The monoisotopic (exact) mass is 184 g/mol. The summed E-state index contributed by atoms with van der Waals surface area (Å²) in [7, 11) is 0. The molecule has 14 heavy (non-hydrogen) atoms. The van der Waals surface area contributed by atoms with Crippen molar-refractivity contribution in [3.05, 3.63) is 35.9 Å². The molecule has 0 aromatic carbocycles. The third-order valence-corrected chi connectivity index (χ3v) is 2.26. The van der Waals surface area contributed by atoms with E-state index in [0.717, 1.165) is 28.8 Å². The number of aromatic nitrogens is 1. The Morgan fingerprint density at radius 3 is 3.36 bits per heavy atom. The number of pyridine rings is 1. The van der Waals surface area contributed by atoms with Crippen LogP contribution < -0.4 is 0 Å². The van der Waals surface area contributed by atoms with Gasteiger partial charge in [0.1, 0.15) is 0 Å². The molecule has 2 aromatic heterocycles. The van der Waals surface area contributed by atoms with Crippen LogP contribution in [0.5, 0.6) is 0 Å². The van der Waals surface area contributed by atoms with Crippen molar-refractivity contribution in [3.63, 3.8) is 0 Å². The zero-order chi connectivity index (χ0) is 9.38. The van der Waals surface area contributed by atoms with Gasteiger partial charge in [-0.05, 0) is 6.07 Å². The van der Waals surface area contributed by atoms with E-state index >= 15 is 0 Å². The first-order valence-corrected chi connectivity index (χ1v) is 4.48. The molecule has 1 aliphatic rings. The number of furan rings is 1. The summed E-state index contributed by atoms with van der Waals surface area (Å²) < 4.78 is 5.61. The van der Waals surface area contributed by atoms with Gasteiger partial charge in [-0.15, -0.1) is 0 Å². The zero-order valence-electron chi connectivity index (χ0n) is 7.47. The standard InChI is InChI=1S/C11H8N2O/c1-2-8-9-3-5-13-7-11(9)14-10(8)6-12-4-1/h1-3,5-7H,4H2. The van der Waals surface area contributed by atoms with Gasteiger partial charge in [-0.3, -0.25) is 9.98 Å². The van der Waals surface area contributed by atoms with Crippen molar-refractivity contribution in [2.45, 2.75) is 0 Å². The number of hydrogen-bond donors (Lipinski definition) is 0. The number of rotatable bonds is 0. The SMILES string of the molecule is C1=Cc2c(oc3cnccc23)C=NC1. The Kier molecular flexibility index (Phi) is 1.50. The predicted octanol–water partition coefficient (Wildman–Crippen LogP) is 2.27. The molecule has 2 aromatic rings. The van der Waals surface area contributed by atoms with Crippen molar-refractivity contribution in [2.75, 3.05) is 6.54 Å². The molecular formula is C11H8N2O. The van der Waals surface area contributed by atoms with E-state index in [1.165, 1.54) is 0 Å². The van der Waals surface area contributed by atoms with Gasteiger partial charge >= 0.3 is 0 Å². The summed E-state index contributed by atoms with van der Waals surface area (Å²) in [5, 5.41) is 1.10. The van der Waals surface area contributed by atoms with Crippen LogP contribution in [0.2, 0.25) is 0 Å². The second-order valence-corrected chi connectivity index (χ2v) is 3.15. The van der Waals surface area contributed by atoms with Crippen LogP contribution in [0.1, 0.15) is 11.3 Å². The lowest BCUT2D eigenvalue weighted by Gasteiger charge is -1.87. The van der Waals surface area contributed by atoms with E-state index in [-0.39, 0.29) is 0 Å². The molecule has 0 amide bonds. The maximum Gasteiger partial charge on any atom is 0.153 e. The maximum absolute atomic E-state index is 5.61. The van der Waals surface area contributed by atoms with E-state index in [2.05, 4.69) is 9.98 Å². The summed E-state index contributed by atoms with van der Waals surface area (Å²) in [5.74, 6) is 0.821. The van der Waals surface area contributed by atoms with Crippen molar-refractivity contribution in [1.29, 1.82) is 0 Å². The third kappa shape index (κ3) is 0.988. The van der Waals surface area contributed by atoms with Crippen LogP contribution in [0.15, 0.2) is 33.9 Å². The molecule has 3 heteroatoms. The molecule has 0 radical (unpaired) electrons. The highest BCUT2D eigenvalue weighted by molar-refractivity contribution is 5.96. The van der Waals surface area contributed by atoms with Crippen LogP contribution >= 0.6 is 0 Å².